The highest BCUT2D eigenvalue weighted by atomic mass is 32.2. The lowest BCUT2D eigenvalue weighted by Gasteiger charge is -2.71. The molecule has 2 N–H and O–H groups in total. The molecule has 6 aliphatic rings. The number of pyridine rings is 1. The van der Waals surface area contributed by atoms with Crippen LogP contribution in [0, 0.1) is 70.3 Å². The standard InChI is InChI=1S/C37H40F2N2O3S/c1-21-15-22(2)41-32(25(21)19-40)45-20-36(44)12-9-30-34(36,4)11-8-29-33(3)10-7-24(42)17-35(33)13-14-37(29,30)26(18-35)31(43)23-5-6-27(38)28(39)16-23/h5-6,13-16,18,24,29-30,42,44H,7-12,17,20H2,1-4H3. The molecule has 1 heterocycles. The van der Waals surface area contributed by atoms with Gasteiger partial charge in [-0.3, -0.25) is 4.79 Å². The summed E-state index contributed by atoms with van der Waals surface area (Å²) in [4.78, 5) is 19.2. The van der Waals surface area contributed by atoms with E-state index in [2.05, 4.69) is 43.1 Å². The van der Waals surface area contributed by atoms with E-state index < -0.39 is 39.6 Å². The van der Waals surface area contributed by atoms with Crippen LogP contribution in [0.3, 0.4) is 0 Å². The highest BCUT2D eigenvalue weighted by Gasteiger charge is 2.74. The topological polar surface area (TPSA) is 94.2 Å². The van der Waals surface area contributed by atoms with Crippen molar-refractivity contribution in [3.05, 3.63) is 82.1 Å². The van der Waals surface area contributed by atoms with Crippen LogP contribution < -0.4 is 0 Å². The van der Waals surface area contributed by atoms with Gasteiger partial charge in [-0.25, -0.2) is 13.8 Å². The Hall–Kier alpha value is -2.86. The normalized spacial score (nSPS) is 39.4. The monoisotopic (exact) mass is 630 g/mol. The van der Waals surface area contributed by atoms with Gasteiger partial charge in [0.05, 0.1) is 17.3 Å². The van der Waals surface area contributed by atoms with Crippen molar-refractivity contribution in [2.45, 2.75) is 89.4 Å². The molecule has 8 unspecified atom stereocenters. The summed E-state index contributed by atoms with van der Waals surface area (Å²) in [7, 11) is 0. The predicted molar refractivity (Wildman–Crippen MR) is 168 cm³/mol. The van der Waals surface area contributed by atoms with Gasteiger partial charge in [-0.05, 0) is 106 Å². The molecule has 8 rings (SSSR count). The summed E-state index contributed by atoms with van der Waals surface area (Å²) in [6.45, 7) is 8.28. The zero-order valence-corrected chi connectivity index (χ0v) is 27.1. The number of aromatic nitrogens is 1. The number of nitriles is 1. The van der Waals surface area contributed by atoms with Gasteiger partial charge in [0.1, 0.15) is 11.1 Å². The predicted octanol–water partition coefficient (Wildman–Crippen LogP) is 7.41. The SMILES string of the molecule is Cc1cc(C)c(C#N)c(SCC2(O)CCC3C45C=CC6(C=C4C(=O)c4ccc(F)c(F)c4)CC(O)CCC6(C)C5CCC32C)n1. The summed E-state index contributed by atoms with van der Waals surface area (Å²) in [6.07, 6.45) is 10.9. The van der Waals surface area contributed by atoms with Gasteiger partial charge >= 0.3 is 0 Å². The van der Waals surface area contributed by atoms with Crippen LogP contribution in [-0.2, 0) is 0 Å². The molecule has 45 heavy (non-hydrogen) atoms. The summed E-state index contributed by atoms with van der Waals surface area (Å²) in [5.74, 6) is -1.97. The van der Waals surface area contributed by atoms with Crippen molar-refractivity contribution >= 4 is 17.5 Å². The third kappa shape index (κ3) is 4.02. The fourth-order valence-corrected chi connectivity index (χ4v) is 12.0. The molecule has 2 bridgehead atoms. The Morgan fingerprint density at radius 1 is 1.04 bits per heavy atom. The maximum atomic E-state index is 14.5. The van der Waals surface area contributed by atoms with E-state index in [-0.39, 0.29) is 28.6 Å². The first-order valence-corrected chi connectivity index (χ1v) is 17.1. The van der Waals surface area contributed by atoms with Crippen LogP contribution in [0.15, 0.2) is 53.1 Å². The van der Waals surface area contributed by atoms with Crippen molar-refractivity contribution in [2.75, 3.05) is 5.75 Å². The number of allylic oxidation sites excluding steroid dienone is 4. The van der Waals surface area contributed by atoms with E-state index in [1.54, 1.807) is 0 Å². The number of carbonyl (C=O) groups is 1. The molecule has 0 saturated heterocycles. The Labute approximate surface area is 267 Å². The molecule has 236 valence electrons. The van der Waals surface area contributed by atoms with E-state index in [1.165, 1.54) is 17.8 Å². The molecule has 1 aromatic carbocycles. The first kappa shape index (κ1) is 30.8. The van der Waals surface area contributed by atoms with Gasteiger partial charge in [0.25, 0.3) is 0 Å². The molecule has 1 aromatic heterocycles. The van der Waals surface area contributed by atoms with E-state index in [4.69, 9.17) is 0 Å². The van der Waals surface area contributed by atoms with Gasteiger partial charge < -0.3 is 10.2 Å². The van der Waals surface area contributed by atoms with Crippen molar-refractivity contribution in [3.63, 3.8) is 0 Å². The molecule has 3 fully saturated rings. The van der Waals surface area contributed by atoms with E-state index in [0.717, 1.165) is 42.7 Å². The molecular weight excluding hydrogens is 590 g/mol. The number of hydrogen-bond donors (Lipinski definition) is 2. The molecule has 6 aliphatic carbocycles. The number of fused-ring (bicyclic) bond motifs is 1. The number of aliphatic hydroxyl groups is 2. The fourth-order valence-electron chi connectivity index (χ4n) is 10.6. The zero-order valence-electron chi connectivity index (χ0n) is 26.3. The number of halogens is 2. The Bertz CT molecular complexity index is 1730. The second kappa shape index (κ2) is 10.1. The number of carbonyl (C=O) groups excluding carboxylic acids is 1. The Balaban J connectivity index is 1.33. The van der Waals surface area contributed by atoms with Crippen LogP contribution in [-0.4, -0.2) is 38.4 Å². The number of benzene rings is 1. The number of aliphatic hydroxyl groups excluding tert-OH is 1. The maximum Gasteiger partial charge on any atom is 0.189 e. The maximum absolute atomic E-state index is 14.5. The first-order valence-electron chi connectivity index (χ1n) is 16.1. The molecule has 0 radical (unpaired) electrons. The molecule has 2 aromatic rings. The van der Waals surface area contributed by atoms with E-state index in [9.17, 15) is 29.1 Å². The van der Waals surface area contributed by atoms with Crippen LogP contribution in [0.25, 0.3) is 0 Å². The quantitative estimate of drug-likeness (QED) is 0.203. The van der Waals surface area contributed by atoms with Crippen molar-refractivity contribution in [2.24, 2.45) is 33.5 Å². The average molecular weight is 631 g/mol. The Kier molecular flexibility index (Phi) is 6.89. The molecule has 5 nitrogen and oxygen atoms in total. The zero-order chi connectivity index (χ0) is 32.2. The summed E-state index contributed by atoms with van der Waals surface area (Å²) in [6, 6.07) is 7.55. The first-order chi connectivity index (χ1) is 21.2. The largest absolute Gasteiger partial charge is 0.393 e. The molecular formula is C37H40F2N2O3S. The number of Topliss-reactive ketones (excluding diaryl/α,β-unsaturated/α-hetero) is 1. The molecule has 8 heteroatoms. The van der Waals surface area contributed by atoms with Gasteiger partial charge in [-0.1, -0.05) is 32.1 Å². The lowest BCUT2D eigenvalue weighted by atomic mass is 9.32. The van der Waals surface area contributed by atoms with Crippen LogP contribution in [0.2, 0.25) is 0 Å². The fraction of sp³-hybridized carbons (Fsp3) is 0.541. The number of ketones is 1. The summed E-state index contributed by atoms with van der Waals surface area (Å²) in [5.41, 5.74) is -0.0947. The van der Waals surface area contributed by atoms with Crippen LogP contribution in [0.1, 0.15) is 86.0 Å². The number of hydrogen-bond acceptors (Lipinski definition) is 6. The van der Waals surface area contributed by atoms with Gasteiger partial charge in [-0.2, -0.15) is 5.26 Å². The van der Waals surface area contributed by atoms with Gasteiger partial charge in [0, 0.05) is 38.8 Å². The van der Waals surface area contributed by atoms with Crippen molar-refractivity contribution in [1.82, 2.24) is 4.98 Å². The number of thioether (sulfide) groups is 1. The summed E-state index contributed by atoms with van der Waals surface area (Å²) in [5, 5.41) is 33.9. The van der Waals surface area contributed by atoms with Crippen molar-refractivity contribution in [3.8, 4) is 6.07 Å². The van der Waals surface area contributed by atoms with Gasteiger partial charge in [0.2, 0.25) is 0 Å². The highest BCUT2D eigenvalue weighted by Crippen LogP contribution is 2.78. The van der Waals surface area contributed by atoms with E-state index >= 15 is 0 Å². The van der Waals surface area contributed by atoms with Gasteiger partial charge in [-0.15, -0.1) is 11.8 Å². The lowest BCUT2D eigenvalue weighted by Crippen LogP contribution is -2.67. The molecule has 0 aliphatic heterocycles. The second-order valence-corrected chi connectivity index (χ2v) is 15.9. The minimum Gasteiger partial charge on any atom is -0.393 e. The molecule has 2 spiro atoms. The lowest BCUT2D eigenvalue weighted by molar-refractivity contribution is -0.166. The number of rotatable bonds is 5. The third-order valence-electron chi connectivity index (χ3n) is 13.0. The minimum absolute atomic E-state index is 0.0734. The number of nitrogens with zero attached hydrogens (tertiary/aromatic N) is 2. The van der Waals surface area contributed by atoms with E-state index in [1.807, 2.05) is 19.9 Å². The highest BCUT2D eigenvalue weighted by molar-refractivity contribution is 7.99. The average Bonchev–Trinajstić information content (AvgIpc) is 3.27. The van der Waals surface area contributed by atoms with Gasteiger partial charge in [0.15, 0.2) is 17.4 Å². The van der Waals surface area contributed by atoms with Crippen molar-refractivity contribution < 1.29 is 23.8 Å². The van der Waals surface area contributed by atoms with Crippen molar-refractivity contribution in [1.29, 1.82) is 5.26 Å². The second-order valence-electron chi connectivity index (χ2n) is 14.9. The van der Waals surface area contributed by atoms with Crippen LogP contribution in [0.4, 0.5) is 8.78 Å². The third-order valence-corrected chi connectivity index (χ3v) is 14.2. The summed E-state index contributed by atoms with van der Waals surface area (Å²) >= 11 is 1.43. The Morgan fingerprint density at radius 3 is 2.49 bits per heavy atom. The van der Waals surface area contributed by atoms with E-state index in [0.29, 0.717) is 47.6 Å². The molecule has 0 amide bonds. The Morgan fingerprint density at radius 2 is 1.76 bits per heavy atom. The van der Waals surface area contributed by atoms with Crippen LogP contribution >= 0.6 is 11.8 Å². The summed E-state index contributed by atoms with van der Waals surface area (Å²) < 4.78 is 28.4. The molecule has 8 atom stereocenters. The number of aryl methyl sites for hydroxylation is 2. The molecule has 3 saturated carbocycles. The smallest absolute Gasteiger partial charge is 0.189 e. The minimum atomic E-state index is -1.08. The van der Waals surface area contributed by atoms with Crippen LogP contribution in [0.5, 0.6) is 0 Å².